The number of thiazole rings is 1. The van der Waals surface area contributed by atoms with Crippen molar-refractivity contribution < 1.29 is 14.0 Å². The Labute approximate surface area is 132 Å². The molecule has 0 saturated carbocycles. The van der Waals surface area contributed by atoms with Crippen molar-refractivity contribution in [2.45, 2.75) is 33.7 Å². The van der Waals surface area contributed by atoms with Crippen LogP contribution in [0.25, 0.3) is 11.5 Å². The molecule has 7 heteroatoms. The number of rotatable bonds is 6. The summed E-state index contributed by atoms with van der Waals surface area (Å²) in [6.45, 7) is 5.65. The van der Waals surface area contributed by atoms with Crippen molar-refractivity contribution in [3.05, 3.63) is 23.3 Å². The minimum absolute atomic E-state index is 0.0332. The van der Waals surface area contributed by atoms with Crippen molar-refractivity contribution in [1.82, 2.24) is 10.3 Å². The van der Waals surface area contributed by atoms with Crippen molar-refractivity contribution in [3.8, 4) is 11.5 Å². The molecule has 0 saturated heterocycles. The molecule has 0 aromatic carbocycles. The van der Waals surface area contributed by atoms with Crippen LogP contribution in [0.1, 0.15) is 33.0 Å². The number of hydrogen-bond donors (Lipinski definition) is 2. The van der Waals surface area contributed by atoms with E-state index in [2.05, 4.69) is 15.6 Å². The molecule has 0 aliphatic rings. The highest BCUT2D eigenvalue weighted by Gasteiger charge is 2.14. The van der Waals surface area contributed by atoms with Gasteiger partial charge in [0.1, 0.15) is 11.5 Å². The lowest BCUT2D eigenvalue weighted by Gasteiger charge is -2.06. The first kappa shape index (κ1) is 16.2. The number of hydrogen-bond acceptors (Lipinski definition) is 5. The summed E-state index contributed by atoms with van der Waals surface area (Å²) in [7, 11) is 0. The lowest BCUT2D eigenvalue weighted by Crippen LogP contribution is -2.19. The van der Waals surface area contributed by atoms with Crippen molar-refractivity contribution in [2.75, 3.05) is 5.32 Å². The fourth-order valence-electron chi connectivity index (χ4n) is 1.68. The second kappa shape index (κ2) is 7.22. The predicted octanol–water partition coefficient (Wildman–Crippen LogP) is 3.02. The van der Waals surface area contributed by atoms with E-state index in [1.165, 1.54) is 18.3 Å². The zero-order chi connectivity index (χ0) is 16.1. The number of carbonyl (C=O) groups is 2. The molecule has 2 rings (SSSR count). The number of aromatic nitrogens is 1. The van der Waals surface area contributed by atoms with Gasteiger partial charge in [-0.15, -0.1) is 11.3 Å². The van der Waals surface area contributed by atoms with Crippen molar-refractivity contribution in [2.24, 2.45) is 5.92 Å². The maximum Gasteiger partial charge on any atom is 0.228 e. The third kappa shape index (κ3) is 4.17. The molecule has 0 aliphatic heterocycles. The first-order chi connectivity index (χ1) is 10.5. The van der Waals surface area contributed by atoms with Crippen LogP contribution in [0.3, 0.4) is 0 Å². The van der Waals surface area contributed by atoms with Crippen molar-refractivity contribution in [3.63, 3.8) is 0 Å². The van der Waals surface area contributed by atoms with E-state index in [1.54, 1.807) is 12.1 Å². The Bertz CT molecular complexity index is 663. The van der Waals surface area contributed by atoms with Gasteiger partial charge in [-0.25, -0.2) is 4.98 Å². The summed E-state index contributed by atoms with van der Waals surface area (Å²) in [4.78, 5) is 27.1. The number of furan rings is 1. The molecule has 2 aromatic rings. The van der Waals surface area contributed by atoms with Crippen LogP contribution in [0.5, 0.6) is 0 Å². The molecule has 2 heterocycles. The van der Waals surface area contributed by atoms with E-state index in [-0.39, 0.29) is 17.7 Å². The Hall–Kier alpha value is -2.15. The molecule has 2 N–H and O–H groups in total. The molecule has 1 atom stereocenters. The quantitative estimate of drug-likeness (QED) is 0.856. The van der Waals surface area contributed by atoms with Crippen LogP contribution in [0.4, 0.5) is 5.13 Å². The average molecular weight is 321 g/mol. The summed E-state index contributed by atoms with van der Waals surface area (Å²) in [6.07, 6.45) is 0.786. The molecule has 0 spiro atoms. The number of carbonyl (C=O) groups excluding carboxylic acids is 2. The Morgan fingerprint density at radius 2 is 2.18 bits per heavy atom. The van der Waals surface area contributed by atoms with E-state index >= 15 is 0 Å². The predicted molar refractivity (Wildman–Crippen MR) is 85.4 cm³/mol. The lowest BCUT2D eigenvalue weighted by molar-refractivity contribution is -0.120. The molecule has 6 nitrogen and oxygen atoms in total. The fourth-order valence-corrected chi connectivity index (χ4v) is 2.38. The smallest absolute Gasteiger partial charge is 0.228 e. The molecule has 0 fully saturated rings. The Kier molecular flexibility index (Phi) is 5.32. The summed E-state index contributed by atoms with van der Waals surface area (Å²) in [6, 6.07) is 3.59. The summed E-state index contributed by atoms with van der Waals surface area (Å²) in [5.74, 6) is 1.08. The van der Waals surface area contributed by atoms with Crippen LogP contribution in [-0.4, -0.2) is 16.8 Å². The topological polar surface area (TPSA) is 84.2 Å². The summed E-state index contributed by atoms with van der Waals surface area (Å²) in [5, 5.41) is 7.85. The Morgan fingerprint density at radius 3 is 2.86 bits per heavy atom. The van der Waals surface area contributed by atoms with E-state index in [1.807, 2.05) is 19.2 Å². The monoisotopic (exact) mass is 321 g/mol. The zero-order valence-electron chi connectivity index (χ0n) is 12.8. The molecular formula is C15H19N3O3S. The van der Waals surface area contributed by atoms with Gasteiger partial charge >= 0.3 is 0 Å². The van der Waals surface area contributed by atoms with E-state index in [4.69, 9.17) is 4.42 Å². The molecule has 118 valence electrons. The van der Waals surface area contributed by atoms with E-state index in [0.717, 1.165) is 6.42 Å². The highest BCUT2D eigenvalue weighted by atomic mass is 32.1. The highest BCUT2D eigenvalue weighted by Crippen LogP contribution is 2.27. The zero-order valence-corrected chi connectivity index (χ0v) is 13.6. The van der Waals surface area contributed by atoms with Gasteiger partial charge in [-0.1, -0.05) is 13.8 Å². The number of nitrogens with one attached hydrogen (secondary N) is 2. The van der Waals surface area contributed by atoms with Gasteiger partial charge in [-0.2, -0.15) is 0 Å². The van der Waals surface area contributed by atoms with Gasteiger partial charge in [-0.3, -0.25) is 9.59 Å². The van der Waals surface area contributed by atoms with Crippen molar-refractivity contribution >= 4 is 28.3 Å². The third-order valence-electron chi connectivity index (χ3n) is 3.22. The molecule has 1 unspecified atom stereocenters. The number of amides is 2. The lowest BCUT2D eigenvalue weighted by atomic mass is 10.1. The highest BCUT2D eigenvalue weighted by molar-refractivity contribution is 7.14. The first-order valence-electron chi connectivity index (χ1n) is 7.09. The van der Waals surface area contributed by atoms with Gasteiger partial charge in [0, 0.05) is 18.2 Å². The van der Waals surface area contributed by atoms with Crippen LogP contribution in [-0.2, 0) is 16.1 Å². The maximum absolute atomic E-state index is 11.8. The number of anilines is 1. The molecule has 0 aliphatic carbocycles. The Balaban J connectivity index is 2.02. The summed E-state index contributed by atoms with van der Waals surface area (Å²) >= 11 is 1.36. The third-order valence-corrected chi connectivity index (χ3v) is 3.98. The van der Waals surface area contributed by atoms with Gasteiger partial charge in [0.25, 0.3) is 0 Å². The SMILES string of the molecule is CCC(C)C(=O)Nc1nc(-c2ccc(CNC(C)=O)o2)cs1. The van der Waals surface area contributed by atoms with Crippen LogP contribution < -0.4 is 10.6 Å². The molecular weight excluding hydrogens is 302 g/mol. The Morgan fingerprint density at radius 1 is 1.41 bits per heavy atom. The molecule has 0 radical (unpaired) electrons. The van der Waals surface area contributed by atoms with Crippen LogP contribution >= 0.6 is 11.3 Å². The second-order valence-electron chi connectivity index (χ2n) is 5.01. The average Bonchev–Trinajstić information content (AvgIpc) is 3.12. The minimum atomic E-state index is -0.110. The normalized spacial score (nSPS) is 12.0. The minimum Gasteiger partial charge on any atom is -0.458 e. The maximum atomic E-state index is 11.8. The summed E-state index contributed by atoms with van der Waals surface area (Å²) < 4.78 is 5.62. The van der Waals surface area contributed by atoms with Gasteiger partial charge in [0.05, 0.1) is 6.54 Å². The van der Waals surface area contributed by atoms with Crippen molar-refractivity contribution in [1.29, 1.82) is 0 Å². The molecule has 22 heavy (non-hydrogen) atoms. The van der Waals surface area contributed by atoms with E-state index < -0.39 is 0 Å². The van der Waals surface area contributed by atoms with Crippen LogP contribution in [0.2, 0.25) is 0 Å². The van der Waals surface area contributed by atoms with Gasteiger partial charge in [-0.05, 0) is 18.6 Å². The molecule has 2 amide bonds. The van der Waals surface area contributed by atoms with Gasteiger partial charge in [0.2, 0.25) is 11.8 Å². The summed E-state index contributed by atoms with van der Waals surface area (Å²) in [5.41, 5.74) is 0.665. The van der Waals surface area contributed by atoms with Crippen LogP contribution in [0, 0.1) is 5.92 Å². The fraction of sp³-hybridized carbons (Fsp3) is 0.400. The first-order valence-corrected chi connectivity index (χ1v) is 7.97. The largest absolute Gasteiger partial charge is 0.458 e. The van der Waals surface area contributed by atoms with Gasteiger partial charge in [0.15, 0.2) is 10.9 Å². The second-order valence-corrected chi connectivity index (χ2v) is 5.87. The molecule has 2 aromatic heterocycles. The molecule has 0 bridgehead atoms. The van der Waals surface area contributed by atoms with E-state index in [0.29, 0.717) is 28.9 Å². The van der Waals surface area contributed by atoms with E-state index in [9.17, 15) is 9.59 Å². The standard InChI is InChI=1S/C15H19N3O3S/c1-4-9(2)14(20)18-15-17-12(8-22-15)13-6-5-11(21-13)7-16-10(3)19/h5-6,8-9H,4,7H2,1-3H3,(H,16,19)(H,17,18,20). The van der Waals surface area contributed by atoms with Gasteiger partial charge < -0.3 is 15.1 Å². The number of nitrogens with zero attached hydrogens (tertiary/aromatic N) is 1. The van der Waals surface area contributed by atoms with Crippen LogP contribution in [0.15, 0.2) is 21.9 Å².